The summed E-state index contributed by atoms with van der Waals surface area (Å²) in [6, 6.07) is 0. The van der Waals surface area contributed by atoms with Crippen molar-refractivity contribution in [2.24, 2.45) is 11.5 Å². The fraction of sp³-hybridized carbons (Fsp3) is 0.667. The van der Waals surface area contributed by atoms with Crippen LogP contribution in [-0.4, -0.2) is 13.1 Å². The molecule has 0 radical (unpaired) electrons. The van der Waals surface area contributed by atoms with Crippen LogP contribution >= 0.6 is 0 Å². The van der Waals surface area contributed by atoms with E-state index >= 15 is 0 Å². The normalized spacial score (nSPS) is 11.9. The van der Waals surface area contributed by atoms with E-state index in [0.717, 1.165) is 38.8 Å². The highest BCUT2D eigenvalue weighted by Gasteiger charge is 1.81. The number of allylic oxidation sites excluding steroid dienone is 3. The highest BCUT2D eigenvalue weighted by atomic mass is 14.5. The summed E-state index contributed by atoms with van der Waals surface area (Å²) in [5.41, 5.74) is 10.8. The summed E-state index contributed by atoms with van der Waals surface area (Å²) in [5, 5.41) is 0. The monoisotopic (exact) mass is 196 g/mol. The average molecular weight is 196 g/mol. The van der Waals surface area contributed by atoms with Crippen LogP contribution in [0.2, 0.25) is 0 Å². The summed E-state index contributed by atoms with van der Waals surface area (Å²) < 4.78 is 0. The molecule has 14 heavy (non-hydrogen) atoms. The first-order valence-electron chi connectivity index (χ1n) is 5.62. The summed E-state index contributed by atoms with van der Waals surface area (Å²) >= 11 is 0. The predicted octanol–water partition coefficient (Wildman–Crippen LogP) is 2.36. The van der Waals surface area contributed by atoms with E-state index in [9.17, 15) is 0 Å². The zero-order valence-electron chi connectivity index (χ0n) is 9.12. The van der Waals surface area contributed by atoms with Crippen LogP contribution in [0.25, 0.3) is 0 Å². The van der Waals surface area contributed by atoms with Gasteiger partial charge in [0.2, 0.25) is 0 Å². The van der Waals surface area contributed by atoms with Crippen LogP contribution in [0.4, 0.5) is 0 Å². The molecule has 0 saturated carbocycles. The van der Waals surface area contributed by atoms with Crippen molar-refractivity contribution in [3.63, 3.8) is 0 Å². The van der Waals surface area contributed by atoms with Gasteiger partial charge in [-0.05, 0) is 51.6 Å². The lowest BCUT2D eigenvalue weighted by Gasteiger charge is -1.91. The van der Waals surface area contributed by atoms with E-state index in [1.165, 1.54) is 12.8 Å². The van der Waals surface area contributed by atoms with Gasteiger partial charge in [0.25, 0.3) is 0 Å². The second-order valence-corrected chi connectivity index (χ2v) is 3.38. The molecule has 2 heteroatoms. The summed E-state index contributed by atoms with van der Waals surface area (Å²) in [4.78, 5) is 0. The van der Waals surface area contributed by atoms with E-state index in [4.69, 9.17) is 11.5 Å². The van der Waals surface area contributed by atoms with Gasteiger partial charge in [0.1, 0.15) is 0 Å². The number of rotatable bonds is 9. The first-order valence-corrected chi connectivity index (χ1v) is 5.62. The maximum Gasteiger partial charge on any atom is -0.00426 e. The maximum absolute atomic E-state index is 5.39. The van der Waals surface area contributed by atoms with Crippen molar-refractivity contribution >= 4 is 0 Å². The van der Waals surface area contributed by atoms with Crippen LogP contribution < -0.4 is 11.5 Å². The van der Waals surface area contributed by atoms with Gasteiger partial charge >= 0.3 is 0 Å². The van der Waals surface area contributed by atoms with Crippen LogP contribution in [0, 0.1) is 0 Å². The van der Waals surface area contributed by atoms with Crippen LogP contribution in [0.15, 0.2) is 24.3 Å². The Morgan fingerprint density at radius 1 is 0.571 bits per heavy atom. The third kappa shape index (κ3) is 11.4. The first-order chi connectivity index (χ1) is 6.91. The van der Waals surface area contributed by atoms with Crippen molar-refractivity contribution in [2.75, 3.05) is 13.1 Å². The highest BCUT2D eigenvalue weighted by Crippen LogP contribution is 1.98. The Kier molecular flexibility index (Phi) is 11.9. The largest absolute Gasteiger partial charge is 0.330 e. The Bertz CT molecular complexity index is 150. The Hall–Kier alpha value is -0.600. The van der Waals surface area contributed by atoms with E-state index < -0.39 is 0 Å². The Morgan fingerprint density at radius 2 is 1.14 bits per heavy atom. The molecule has 0 aliphatic heterocycles. The second-order valence-electron chi connectivity index (χ2n) is 3.38. The van der Waals surface area contributed by atoms with Gasteiger partial charge in [-0.2, -0.15) is 0 Å². The molecule has 0 aliphatic rings. The lowest BCUT2D eigenvalue weighted by molar-refractivity contribution is 0.757. The molecule has 0 spiro atoms. The zero-order valence-corrected chi connectivity index (χ0v) is 9.12. The van der Waals surface area contributed by atoms with Crippen molar-refractivity contribution in [1.82, 2.24) is 0 Å². The second kappa shape index (κ2) is 12.4. The van der Waals surface area contributed by atoms with Gasteiger partial charge < -0.3 is 11.5 Å². The molecule has 0 aromatic carbocycles. The summed E-state index contributed by atoms with van der Waals surface area (Å²) in [7, 11) is 0. The molecule has 0 heterocycles. The molecule has 0 aliphatic carbocycles. The molecule has 82 valence electrons. The molecular weight excluding hydrogens is 172 g/mol. The molecule has 0 bridgehead atoms. The van der Waals surface area contributed by atoms with E-state index in [1.54, 1.807) is 0 Å². The van der Waals surface area contributed by atoms with E-state index in [0.29, 0.717) is 0 Å². The third-order valence-corrected chi connectivity index (χ3v) is 1.99. The molecule has 2 nitrogen and oxygen atoms in total. The molecule has 0 rings (SSSR count). The first kappa shape index (κ1) is 13.4. The summed E-state index contributed by atoms with van der Waals surface area (Å²) in [6.45, 7) is 1.57. The average Bonchev–Trinajstić information content (AvgIpc) is 2.21. The summed E-state index contributed by atoms with van der Waals surface area (Å²) in [5.74, 6) is 0. The predicted molar refractivity (Wildman–Crippen MR) is 64.1 cm³/mol. The third-order valence-electron chi connectivity index (χ3n) is 1.99. The minimum Gasteiger partial charge on any atom is -0.330 e. The van der Waals surface area contributed by atoms with Gasteiger partial charge in [-0.25, -0.2) is 0 Å². The van der Waals surface area contributed by atoms with Crippen LogP contribution in [0.1, 0.15) is 38.5 Å². The van der Waals surface area contributed by atoms with Gasteiger partial charge in [0.15, 0.2) is 0 Å². The molecule has 0 saturated heterocycles. The fourth-order valence-electron chi connectivity index (χ4n) is 1.17. The van der Waals surface area contributed by atoms with Gasteiger partial charge in [0, 0.05) is 0 Å². The number of hydrogen-bond donors (Lipinski definition) is 2. The maximum atomic E-state index is 5.39. The smallest absolute Gasteiger partial charge is 0.00426 e. The van der Waals surface area contributed by atoms with Gasteiger partial charge in [-0.1, -0.05) is 24.3 Å². The molecule has 0 atom stereocenters. The quantitative estimate of drug-likeness (QED) is 0.439. The molecule has 0 amide bonds. The summed E-state index contributed by atoms with van der Waals surface area (Å²) in [6.07, 6.45) is 15.7. The number of nitrogens with two attached hydrogens (primary N) is 2. The Labute approximate surface area is 88.1 Å². The Balaban J connectivity index is 3.10. The van der Waals surface area contributed by atoms with Crippen molar-refractivity contribution in [1.29, 1.82) is 0 Å². The van der Waals surface area contributed by atoms with Crippen molar-refractivity contribution < 1.29 is 0 Å². The lowest BCUT2D eigenvalue weighted by Crippen LogP contribution is -1.96. The van der Waals surface area contributed by atoms with Gasteiger partial charge in [-0.15, -0.1) is 0 Å². The van der Waals surface area contributed by atoms with Crippen LogP contribution in [0.3, 0.4) is 0 Å². The molecule has 4 N–H and O–H groups in total. The van der Waals surface area contributed by atoms with Crippen molar-refractivity contribution in [2.45, 2.75) is 38.5 Å². The topological polar surface area (TPSA) is 52.0 Å². The minimum absolute atomic E-state index is 0.755. The van der Waals surface area contributed by atoms with E-state index in [1.807, 2.05) is 0 Å². The van der Waals surface area contributed by atoms with Crippen LogP contribution in [-0.2, 0) is 0 Å². The molecule has 0 fully saturated rings. The standard InChI is InChI=1S/C12H24N2/c13-11-9-7-5-3-1-2-4-6-8-10-12-14/h1,3,6,8H,2,4-5,7,9-14H2/b3-1-,8-6+. The van der Waals surface area contributed by atoms with Crippen molar-refractivity contribution in [3.8, 4) is 0 Å². The van der Waals surface area contributed by atoms with Crippen LogP contribution in [0.5, 0.6) is 0 Å². The molecule has 0 unspecified atom stereocenters. The van der Waals surface area contributed by atoms with Crippen molar-refractivity contribution in [3.05, 3.63) is 24.3 Å². The lowest BCUT2D eigenvalue weighted by atomic mass is 10.2. The molecule has 0 aromatic rings. The van der Waals surface area contributed by atoms with Gasteiger partial charge in [-0.3, -0.25) is 0 Å². The van der Waals surface area contributed by atoms with Gasteiger partial charge in [0.05, 0.1) is 0 Å². The number of unbranched alkanes of at least 4 members (excludes halogenated alkanes) is 3. The van der Waals surface area contributed by atoms with E-state index in [2.05, 4.69) is 24.3 Å². The zero-order chi connectivity index (χ0) is 10.5. The van der Waals surface area contributed by atoms with E-state index in [-0.39, 0.29) is 0 Å². The molecule has 0 aromatic heterocycles. The SMILES string of the molecule is NCC/C=C/CC/C=C\CCCCN. The Morgan fingerprint density at radius 3 is 1.71 bits per heavy atom. The highest BCUT2D eigenvalue weighted by molar-refractivity contribution is 4.88. The minimum atomic E-state index is 0.755. The number of hydrogen-bond acceptors (Lipinski definition) is 2. The molecular formula is C12H24N2. The fourth-order valence-corrected chi connectivity index (χ4v) is 1.17.